The highest BCUT2D eigenvalue weighted by Crippen LogP contribution is 2.24. The summed E-state index contributed by atoms with van der Waals surface area (Å²) in [5.74, 6) is 0.788. The average molecular weight is 184 g/mol. The highest BCUT2D eigenvalue weighted by atomic mass is 15.2. The first kappa shape index (κ1) is 11.0. The third kappa shape index (κ3) is 2.96. The van der Waals surface area contributed by atoms with Gasteiger partial charge in [-0.1, -0.05) is 13.8 Å². The fourth-order valence-electron chi connectivity index (χ4n) is 2.39. The van der Waals surface area contributed by atoms with E-state index in [9.17, 15) is 0 Å². The van der Waals surface area contributed by atoms with E-state index < -0.39 is 0 Å². The third-order valence-electron chi connectivity index (χ3n) is 2.90. The van der Waals surface area contributed by atoms with E-state index in [2.05, 4.69) is 32.6 Å². The summed E-state index contributed by atoms with van der Waals surface area (Å²) < 4.78 is 0. The molecular weight excluding hydrogens is 160 g/mol. The maximum Gasteiger partial charge on any atom is 0.0183 e. The van der Waals surface area contributed by atoms with Crippen molar-refractivity contribution in [2.75, 3.05) is 6.54 Å². The highest BCUT2D eigenvalue weighted by molar-refractivity contribution is 4.89. The fraction of sp³-hybridized carbons (Fsp3) is 1.00. The van der Waals surface area contributed by atoms with Crippen molar-refractivity contribution in [2.24, 2.45) is 11.7 Å². The van der Waals surface area contributed by atoms with Gasteiger partial charge in [0.1, 0.15) is 0 Å². The van der Waals surface area contributed by atoms with Crippen LogP contribution in [0.3, 0.4) is 0 Å². The summed E-state index contributed by atoms with van der Waals surface area (Å²) in [5, 5.41) is 0. The SMILES string of the molecule is CC(C)CC1CC(N)CN1C(C)C. The van der Waals surface area contributed by atoms with Crippen LogP contribution in [0.15, 0.2) is 0 Å². The topological polar surface area (TPSA) is 29.3 Å². The van der Waals surface area contributed by atoms with Crippen molar-refractivity contribution in [1.29, 1.82) is 0 Å². The van der Waals surface area contributed by atoms with Crippen molar-refractivity contribution in [2.45, 2.75) is 58.7 Å². The van der Waals surface area contributed by atoms with Gasteiger partial charge in [0.15, 0.2) is 0 Å². The lowest BCUT2D eigenvalue weighted by Gasteiger charge is -2.29. The predicted octanol–water partition coefficient (Wildman–Crippen LogP) is 1.84. The largest absolute Gasteiger partial charge is 0.326 e. The lowest BCUT2D eigenvalue weighted by Crippen LogP contribution is -2.37. The zero-order chi connectivity index (χ0) is 10.0. The van der Waals surface area contributed by atoms with E-state index >= 15 is 0 Å². The monoisotopic (exact) mass is 184 g/mol. The van der Waals surface area contributed by atoms with Crippen LogP contribution in [0.25, 0.3) is 0 Å². The standard InChI is InChI=1S/C11H24N2/c1-8(2)5-11-6-10(12)7-13(11)9(3)4/h8-11H,5-7,12H2,1-4H3. The van der Waals surface area contributed by atoms with Gasteiger partial charge in [-0.3, -0.25) is 4.90 Å². The Hall–Kier alpha value is -0.0800. The maximum atomic E-state index is 5.99. The molecule has 0 aliphatic carbocycles. The van der Waals surface area contributed by atoms with Gasteiger partial charge in [-0.05, 0) is 32.6 Å². The molecule has 1 rings (SSSR count). The molecule has 1 aliphatic rings. The Morgan fingerprint density at radius 2 is 1.92 bits per heavy atom. The molecule has 78 valence electrons. The molecule has 1 fully saturated rings. The number of rotatable bonds is 3. The Bertz CT molecular complexity index is 154. The normalized spacial score (nSPS) is 30.7. The van der Waals surface area contributed by atoms with Gasteiger partial charge in [0.2, 0.25) is 0 Å². The molecule has 2 nitrogen and oxygen atoms in total. The fourth-order valence-corrected chi connectivity index (χ4v) is 2.39. The maximum absolute atomic E-state index is 5.99. The van der Waals surface area contributed by atoms with Crippen LogP contribution in [-0.4, -0.2) is 29.6 Å². The third-order valence-corrected chi connectivity index (χ3v) is 2.90. The van der Waals surface area contributed by atoms with E-state index in [1.165, 1.54) is 12.8 Å². The number of nitrogens with zero attached hydrogens (tertiary/aromatic N) is 1. The molecule has 0 aromatic rings. The number of likely N-dealkylation sites (tertiary alicyclic amines) is 1. The molecule has 0 bridgehead atoms. The van der Waals surface area contributed by atoms with Crippen molar-refractivity contribution in [1.82, 2.24) is 4.90 Å². The van der Waals surface area contributed by atoms with Gasteiger partial charge in [0.25, 0.3) is 0 Å². The van der Waals surface area contributed by atoms with Gasteiger partial charge >= 0.3 is 0 Å². The summed E-state index contributed by atoms with van der Waals surface area (Å²) >= 11 is 0. The Morgan fingerprint density at radius 3 is 2.38 bits per heavy atom. The van der Waals surface area contributed by atoms with Crippen LogP contribution in [0.1, 0.15) is 40.5 Å². The lowest BCUT2D eigenvalue weighted by atomic mass is 10.0. The average Bonchev–Trinajstić information content (AvgIpc) is 2.29. The number of nitrogens with two attached hydrogens (primary N) is 1. The number of hydrogen-bond acceptors (Lipinski definition) is 2. The predicted molar refractivity (Wildman–Crippen MR) is 57.7 cm³/mol. The van der Waals surface area contributed by atoms with Gasteiger partial charge in [-0.15, -0.1) is 0 Å². The Morgan fingerprint density at radius 1 is 1.31 bits per heavy atom. The molecule has 0 spiro atoms. The van der Waals surface area contributed by atoms with E-state index in [4.69, 9.17) is 5.73 Å². The van der Waals surface area contributed by atoms with Crippen LogP contribution in [-0.2, 0) is 0 Å². The minimum absolute atomic E-state index is 0.408. The first-order valence-corrected chi connectivity index (χ1v) is 5.52. The summed E-state index contributed by atoms with van der Waals surface area (Å²) in [5.41, 5.74) is 5.99. The van der Waals surface area contributed by atoms with E-state index in [-0.39, 0.29) is 0 Å². The summed E-state index contributed by atoms with van der Waals surface area (Å²) in [7, 11) is 0. The van der Waals surface area contributed by atoms with Crippen molar-refractivity contribution < 1.29 is 0 Å². The van der Waals surface area contributed by atoms with E-state index in [1.54, 1.807) is 0 Å². The zero-order valence-corrected chi connectivity index (χ0v) is 9.46. The smallest absolute Gasteiger partial charge is 0.0183 e. The number of hydrogen-bond donors (Lipinski definition) is 1. The van der Waals surface area contributed by atoms with E-state index in [1.807, 2.05) is 0 Å². The summed E-state index contributed by atoms with van der Waals surface area (Å²) in [6.45, 7) is 10.2. The van der Waals surface area contributed by atoms with Crippen molar-refractivity contribution in [3.8, 4) is 0 Å². The molecule has 0 radical (unpaired) electrons. The van der Waals surface area contributed by atoms with Gasteiger partial charge in [-0.2, -0.15) is 0 Å². The molecule has 13 heavy (non-hydrogen) atoms. The van der Waals surface area contributed by atoms with Gasteiger partial charge in [-0.25, -0.2) is 0 Å². The van der Waals surface area contributed by atoms with E-state index in [0.717, 1.165) is 18.5 Å². The molecular formula is C11H24N2. The highest BCUT2D eigenvalue weighted by Gasteiger charge is 2.31. The van der Waals surface area contributed by atoms with Crippen LogP contribution in [0, 0.1) is 5.92 Å². The molecule has 0 saturated carbocycles. The summed E-state index contributed by atoms with van der Waals surface area (Å²) in [4.78, 5) is 2.56. The second-order valence-electron chi connectivity index (χ2n) is 5.07. The Labute approximate surface area is 82.5 Å². The van der Waals surface area contributed by atoms with Gasteiger partial charge in [0, 0.05) is 24.7 Å². The minimum atomic E-state index is 0.408. The molecule has 1 aliphatic heterocycles. The molecule has 2 unspecified atom stereocenters. The first-order valence-electron chi connectivity index (χ1n) is 5.52. The molecule has 2 atom stereocenters. The second-order valence-corrected chi connectivity index (χ2v) is 5.07. The molecule has 0 aromatic carbocycles. The first-order chi connectivity index (χ1) is 6.00. The molecule has 2 N–H and O–H groups in total. The van der Waals surface area contributed by atoms with Gasteiger partial charge in [0.05, 0.1) is 0 Å². The summed E-state index contributed by atoms with van der Waals surface area (Å²) in [6, 6.07) is 1.79. The van der Waals surface area contributed by atoms with Crippen LogP contribution >= 0.6 is 0 Å². The Kier molecular flexibility index (Phi) is 3.74. The van der Waals surface area contributed by atoms with Crippen molar-refractivity contribution in [3.63, 3.8) is 0 Å². The molecule has 0 amide bonds. The zero-order valence-electron chi connectivity index (χ0n) is 9.46. The van der Waals surface area contributed by atoms with E-state index in [0.29, 0.717) is 12.1 Å². The van der Waals surface area contributed by atoms with Crippen molar-refractivity contribution in [3.05, 3.63) is 0 Å². The van der Waals surface area contributed by atoms with Crippen LogP contribution in [0.4, 0.5) is 0 Å². The second kappa shape index (κ2) is 4.43. The minimum Gasteiger partial charge on any atom is -0.326 e. The van der Waals surface area contributed by atoms with Crippen molar-refractivity contribution >= 4 is 0 Å². The molecule has 0 aromatic heterocycles. The van der Waals surface area contributed by atoms with Crippen LogP contribution < -0.4 is 5.73 Å². The van der Waals surface area contributed by atoms with Crippen LogP contribution in [0.5, 0.6) is 0 Å². The summed E-state index contributed by atoms with van der Waals surface area (Å²) in [6.07, 6.45) is 2.49. The molecule has 1 saturated heterocycles. The molecule has 2 heteroatoms. The van der Waals surface area contributed by atoms with Gasteiger partial charge < -0.3 is 5.73 Å². The Balaban J connectivity index is 2.50. The molecule has 1 heterocycles. The van der Waals surface area contributed by atoms with Crippen LogP contribution in [0.2, 0.25) is 0 Å². The quantitative estimate of drug-likeness (QED) is 0.725. The lowest BCUT2D eigenvalue weighted by molar-refractivity contribution is 0.182.